The van der Waals surface area contributed by atoms with Gasteiger partial charge in [0.1, 0.15) is 23.8 Å². The summed E-state index contributed by atoms with van der Waals surface area (Å²) in [6.45, 7) is 10.7. The minimum Gasteiger partial charge on any atom is -0.497 e. The van der Waals surface area contributed by atoms with Crippen molar-refractivity contribution in [1.29, 1.82) is 0 Å². The van der Waals surface area contributed by atoms with E-state index in [1.807, 2.05) is 20.8 Å². The van der Waals surface area contributed by atoms with E-state index in [1.165, 1.54) is 0 Å². The highest BCUT2D eigenvalue weighted by Crippen LogP contribution is 2.26. The number of sulfone groups is 1. The summed E-state index contributed by atoms with van der Waals surface area (Å²) >= 11 is 0. The van der Waals surface area contributed by atoms with Gasteiger partial charge in [0.05, 0.1) is 25.2 Å². The molecule has 11 heteroatoms. The fourth-order valence-electron chi connectivity index (χ4n) is 4.07. The first-order valence-corrected chi connectivity index (χ1v) is 13.9. The van der Waals surface area contributed by atoms with Gasteiger partial charge in [-0.05, 0) is 70.7 Å². The third kappa shape index (κ3) is 9.68. The molecule has 0 spiro atoms. The maximum atomic E-state index is 12.7. The molecular weight excluding hydrogens is 486 g/mol. The number of hydrogen-bond donors (Lipinski definition) is 2. The summed E-state index contributed by atoms with van der Waals surface area (Å²) in [5.41, 5.74) is 0.725. The second kappa shape index (κ2) is 13.4. The van der Waals surface area contributed by atoms with Crippen LogP contribution in [0, 0.1) is 13.8 Å². The average Bonchev–Trinajstić information content (AvgIpc) is 2.78. The summed E-state index contributed by atoms with van der Waals surface area (Å²) in [4.78, 5) is 26.4. The van der Waals surface area contributed by atoms with Crippen molar-refractivity contribution in [3.05, 3.63) is 23.3 Å². The van der Waals surface area contributed by atoms with E-state index in [0.29, 0.717) is 41.4 Å². The minimum atomic E-state index is -3.53. The van der Waals surface area contributed by atoms with Gasteiger partial charge in [-0.15, -0.1) is 0 Å². The van der Waals surface area contributed by atoms with Gasteiger partial charge in [-0.1, -0.05) is 0 Å². The molecule has 1 atom stereocenters. The third-order valence-corrected chi connectivity index (χ3v) is 7.47. The smallest absolute Gasteiger partial charge is 0.410 e. The van der Waals surface area contributed by atoms with E-state index in [1.54, 1.807) is 38.0 Å². The lowest BCUT2D eigenvalue weighted by atomic mass is 10.1. The number of Topliss-reactive ketones (excluding diaryl/α,β-unsaturated/α-hetero) is 1. The Balaban J connectivity index is 1.66. The van der Waals surface area contributed by atoms with Crippen molar-refractivity contribution >= 4 is 21.7 Å². The Kier molecular flexibility index (Phi) is 11.1. The molecule has 10 nitrogen and oxygen atoms in total. The fraction of sp³-hybridized carbons (Fsp3) is 0.680. The van der Waals surface area contributed by atoms with Crippen molar-refractivity contribution in [2.75, 3.05) is 52.4 Å². The number of rotatable bonds is 12. The molecule has 1 heterocycles. The normalized spacial score (nSPS) is 16.6. The molecule has 2 rings (SSSR count). The van der Waals surface area contributed by atoms with Crippen LogP contribution in [0.5, 0.6) is 5.75 Å². The predicted molar refractivity (Wildman–Crippen MR) is 137 cm³/mol. The largest absolute Gasteiger partial charge is 0.497 e. The number of carbonyl (C=O) groups excluding carboxylic acids is 2. The maximum absolute atomic E-state index is 12.7. The molecule has 1 aromatic rings. The molecule has 2 N–H and O–H groups in total. The number of nitrogens with zero attached hydrogens (tertiary/aromatic N) is 1. The Morgan fingerprint density at radius 2 is 1.83 bits per heavy atom. The summed E-state index contributed by atoms with van der Waals surface area (Å²) in [5.74, 6) is 0.283. The van der Waals surface area contributed by atoms with Crippen molar-refractivity contribution in [2.24, 2.45) is 0 Å². The molecule has 1 aliphatic rings. The topological polar surface area (TPSA) is 123 Å². The second-order valence-electron chi connectivity index (χ2n) is 10.1. The van der Waals surface area contributed by atoms with Crippen LogP contribution in [0.2, 0.25) is 0 Å². The molecule has 1 fully saturated rings. The zero-order valence-corrected chi connectivity index (χ0v) is 23.1. The molecule has 0 aromatic heterocycles. The molecule has 204 valence electrons. The molecule has 1 amide bonds. The molecule has 0 aliphatic carbocycles. The van der Waals surface area contributed by atoms with E-state index in [9.17, 15) is 18.0 Å². The number of nitrogens with one attached hydrogen (secondary N) is 2. The van der Waals surface area contributed by atoms with E-state index in [2.05, 4.69) is 10.6 Å². The van der Waals surface area contributed by atoms with Crippen LogP contribution < -0.4 is 15.4 Å². The van der Waals surface area contributed by atoms with E-state index in [0.717, 1.165) is 12.8 Å². The first kappa shape index (κ1) is 30.0. The van der Waals surface area contributed by atoms with Gasteiger partial charge in [0.15, 0.2) is 15.6 Å². The van der Waals surface area contributed by atoms with E-state index in [4.69, 9.17) is 14.2 Å². The van der Waals surface area contributed by atoms with Gasteiger partial charge in [-0.2, -0.15) is 0 Å². The zero-order chi connectivity index (χ0) is 26.9. The lowest BCUT2D eigenvalue weighted by Gasteiger charge is -2.34. The Morgan fingerprint density at radius 3 is 2.44 bits per heavy atom. The van der Waals surface area contributed by atoms with Gasteiger partial charge >= 0.3 is 6.09 Å². The molecule has 1 aliphatic heterocycles. The van der Waals surface area contributed by atoms with E-state index in [-0.39, 0.29) is 43.6 Å². The summed E-state index contributed by atoms with van der Waals surface area (Å²) in [6.07, 6.45) is 1.38. The summed E-state index contributed by atoms with van der Waals surface area (Å²) in [7, 11) is -1.99. The second-order valence-corrected chi connectivity index (χ2v) is 12.0. The number of carbonyl (C=O) groups is 2. The van der Waals surface area contributed by atoms with Gasteiger partial charge in [-0.25, -0.2) is 13.2 Å². The molecule has 1 unspecified atom stereocenters. The Bertz CT molecular complexity index is 982. The number of ether oxygens (including phenoxy) is 3. The number of aryl methyl sites for hydroxylation is 2. The van der Waals surface area contributed by atoms with Crippen molar-refractivity contribution in [1.82, 2.24) is 15.5 Å². The van der Waals surface area contributed by atoms with Crippen LogP contribution >= 0.6 is 0 Å². The zero-order valence-electron chi connectivity index (χ0n) is 22.3. The van der Waals surface area contributed by atoms with Gasteiger partial charge in [-0.3, -0.25) is 4.79 Å². The summed E-state index contributed by atoms with van der Waals surface area (Å²) in [6, 6.07) is 3.42. The van der Waals surface area contributed by atoms with Crippen LogP contribution in [0.1, 0.15) is 44.7 Å². The van der Waals surface area contributed by atoms with Gasteiger partial charge in [0, 0.05) is 25.7 Å². The van der Waals surface area contributed by atoms with Crippen molar-refractivity contribution < 1.29 is 32.2 Å². The van der Waals surface area contributed by atoms with Crippen LogP contribution in [0.15, 0.2) is 17.0 Å². The number of benzene rings is 1. The number of ketones is 1. The molecule has 1 saturated heterocycles. The predicted octanol–water partition coefficient (Wildman–Crippen LogP) is 2.21. The third-order valence-electron chi connectivity index (χ3n) is 5.62. The van der Waals surface area contributed by atoms with Crippen LogP contribution in [-0.2, 0) is 24.1 Å². The molecule has 1 aromatic carbocycles. The number of methoxy groups -OCH3 is 1. The monoisotopic (exact) mass is 527 g/mol. The Hall–Kier alpha value is -2.21. The average molecular weight is 528 g/mol. The number of hydrogen-bond acceptors (Lipinski definition) is 9. The highest BCUT2D eigenvalue weighted by Gasteiger charge is 2.27. The molecular formula is C25H41N3O7S. The van der Waals surface area contributed by atoms with Crippen molar-refractivity contribution in [3.8, 4) is 5.75 Å². The standard InChI is InChI=1S/C25H41N3O7S/c1-18-12-22(33-6)13-19(2)23(18)36(31,32)17-26-9-11-34-16-21(29)14-27-20-8-7-10-28(15-20)24(30)35-25(3,4)5/h12-13,20,26-27H,7-11,14-17H2,1-6H3. The number of piperidine rings is 1. The Labute approximate surface area is 215 Å². The van der Waals surface area contributed by atoms with Gasteiger partial charge in [0.25, 0.3) is 0 Å². The maximum Gasteiger partial charge on any atom is 0.410 e. The van der Waals surface area contributed by atoms with Crippen LogP contribution in [-0.4, -0.2) is 89.2 Å². The summed E-state index contributed by atoms with van der Waals surface area (Å²) < 4.78 is 41.5. The molecule has 0 saturated carbocycles. The van der Waals surface area contributed by atoms with Crippen LogP contribution in [0.3, 0.4) is 0 Å². The minimum absolute atomic E-state index is 0.0203. The van der Waals surface area contributed by atoms with Gasteiger partial charge in [0.2, 0.25) is 0 Å². The fourth-order valence-corrected chi connectivity index (χ4v) is 5.73. The lowest BCUT2D eigenvalue weighted by Crippen LogP contribution is -2.50. The van der Waals surface area contributed by atoms with Crippen molar-refractivity contribution in [3.63, 3.8) is 0 Å². The summed E-state index contributed by atoms with van der Waals surface area (Å²) in [5, 5.41) is 6.07. The molecule has 36 heavy (non-hydrogen) atoms. The highest BCUT2D eigenvalue weighted by atomic mass is 32.2. The molecule has 0 bridgehead atoms. The van der Waals surface area contributed by atoms with Gasteiger partial charge < -0.3 is 29.7 Å². The van der Waals surface area contributed by atoms with Crippen LogP contribution in [0.4, 0.5) is 4.79 Å². The number of likely N-dealkylation sites (tertiary alicyclic amines) is 1. The first-order chi connectivity index (χ1) is 16.8. The Morgan fingerprint density at radius 1 is 1.17 bits per heavy atom. The first-order valence-electron chi connectivity index (χ1n) is 12.2. The van der Waals surface area contributed by atoms with E-state index >= 15 is 0 Å². The molecule has 0 radical (unpaired) electrons. The lowest BCUT2D eigenvalue weighted by molar-refractivity contribution is -0.122. The quantitative estimate of drug-likeness (QED) is 0.394. The van der Waals surface area contributed by atoms with Crippen LogP contribution in [0.25, 0.3) is 0 Å². The van der Waals surface area contributed by atoms with E-state index < -0.39 is 15.4 Å². The number of amides is 1. The van der Waals surface area contributed by atoms with Crippen molar-refractivity contribution in [2.45, 2.75) is 64.0 Å². The SMILES string of the molecule is COc1cc(C)c(S(=O)(=O)CNCCOCC(=O)CNC2CCCN(C(=O)OC(C)(C)C)C2)c(C)c1. The highest BCUT2D eigenvalue weighted by molar-refractivity contribution is 7.91.